The fraction of sp³-hybridized carbons (Fsp3) is 0.0833. The third-order valence-corrected chi connectivity index (χ3v) is 2.24. The smallest absolute Gasteiger partial charge is 0.335 e. The van der Waals surface area contributed by atoms with E-state index in [2.05, 4.69) is 0 Å². The predicted octanol–water partition coefficient (Wildman–Crippen LogP) is 2.47. The summed E-state index contributed by atoms with van der Waals surface area (Å²) in [6.45, 7) is 2.02. The molecule has 15 heavy (non-hydrogen) atoms. The number of carbonyl (C=O) groups is 1. The number of carboxylic acids is 1. The molecule has 0 aliphatic heterocycles. The van der Waals surface area contributed by atoms with E-state index >= 15 is 0 Å². The molecule has 3 heteroatoms. The van der Waals surface area contributed by atoms with E-state index in [4.69, 9.17) is 5.11 Å². The minimum absolute atomic E-state index is 0. The van der Waals surface area contributed by atoms with Gasteiger partial charge in [-0.25, -0.2) is 4.79 Å². The average Bonchev–Trinajstić information content (AvgIpc) is 2.16. The standard InChI is InChI=1S/C12H10O2.Al/c1-8-2-3-10-7-11(12(13)14)5-4-9(10)6-8;/h2-7H,1H3,(H,13,14);. The molecule has 0 atom stereocenters. The van der Waals surface area contributed by atoms with Crippen LogP contribution in [0, 0.1) is 6.92 Å². The molecule has 0 aliphatic carbocycles. The van der Waals surface area contributed by atoms with Gasteiger partial charge in [0.25, 0.3) is 0 Å². The van der Waals surface area contributed by atoms with Crippen LogP contribution in [0.15, 0.2) is 36.4 Å². The van der Waals surface area contributed by atoms with Crippen molar-refractivity contribution in [1.82, 2.24) is 0 Å². The number of hydrogen-bond donors (Lipinski definition) is 1. The van der Waals surface area contributed by atoms with Gasteiger partial charge < -0.3 is 5.11 Å². The molecular formula is C12H10AlO2. The highest BCUT2D eigenvalue weighted by molar-refractivity contribution is 5.94. The Balaban J connectivity index is 0.00000112. The summed E-state index contributed by atoms with van der Waals surface area (Å²) in [5.41, 5.74) is 1.52. The fourth-order valence-corrected chi connectivity index (χ4v) is 1.50. The lowest BCUT2D eigenvalue weighted by Crippen LogP contribution is -1.95. The van der Waals surface area contributed by atoms with Gasteiger partial charge in [0, 0.05) is 17.4 Å². The van der Waals surface area contributed by atoms with E-state index in [9.17, 15) is 4.79 Å². The molecule has 0 amide bonds. The molecule has 0 fully saturated rings. The predicted molar refractivity (Wildman–Crippen MR) is 61.4 cm³/mol. The topological polar surface area (TPSA) is 37.3 Å². The number of aryl methyl sites for hydroxylation is 1. The van der Waals surface area contributed by atoms with Crippen LogP contribution in [0.3, 0.4) is 0 Å². The lowest BCUT2D eigenvalue weighted by atomic mass is 10.1. The molecule has 0 spiro atoms. The van der Waals surface area contributed by atoms with Crippen LogP contribution in [0.2, 0.25) is 0 Å². The summed E-state index contributed by atoms with van der Waals surface area (Å²) in [7, 11) is 0. The van der Waals surface area contributed by atoms with Crippen molar-refractivity contribution in [3.63, 3.8) is 0 Å². The Labute approximate surface area is 98.7 Å². The first-order valence-corrected chi connectivity index (χ1v) is 4.40. The van der Waals surface area contributed by atoms with Crippen LogP contribution in [-0.4, -0.2) is 28.4 Å². The van der Waals surface area contributed by atoms with E-state index in [1.807, 2.05) is 31.2 Å². The molecule has 2 aromatic carbocycles. The van der Waals surface area contributed by atoms with Gasteiger partial charge in [0.15, 0.2) is 0 Å². The maximum Gasteiger partial charge on any atom is 0.335 e. The molecular weight excluding hydrogens is 203 g/mol. The first-order chi connectivity index (χ1) is 6.66. The summed E-state index contributed by atoms with van der Waals surface area (Å²) in [4.78, 5) is 10.7. The largest absolute Gasteiger partial charge is 0.478 e. The minimum atomic E-state index is -0.882. The Morgan fingerprint density at radius 3 is 2.33 bits per heavy atom. The molecule has 0 aromatic heterocycles. The van der Waals surface area contributed by atoms with Crippen molar-refractivity contribution in [2.45, 2.75) is 6.92 Å². The van der Waals surface area contributed by atoms with Crippen LogP contribution in [-0.2, 0) is 0 Å². The number of hydrogen-bond acceptors (Lipinski definition) is 1. The maximum absolute atomic E-state index is 10.7. The normalized spacial score (nSPS) is 9.67. The van der Waals surface area contributed by atoms with Gasteiger partial charge in [0.1, 0.15) is 0 Å². The summed E-state index contributed by atoms with van der Waals surface area (Å²) < 4.78 is 0. The Morgan fingerprint density at radius 1 is 1.07 bits per heavy atom. The monoisotopic (exact) mass is 213 g/mol. The van der Waals surface area contributed by atoms with Crippen molar-refractivity contribution in [3.05, 3.63) is 47.5 Å². The third kappa shape index (κ3) is 2.38. The lowest BCUT2D eigenvalue weighted by Gasteiger charge is -2.00. The Bertz CT molecular complexity index is 506. The van der Waals surface area contributed by atoms with Crippen LogP contribution in [0.5, 0.6) is 0 Å². The highest BCUT2D eigenvalue weighted by Crippen LogP contribution is 2.17. The highest BCUT2D eigenvalue weighted by Gasteiger charge is 2.02. The van der Waals surface area contributed by atoms with Crippen LogP contribution in [0.4, 0.5) is 0 Å². The van der Waals surface area contributed by atoms with E-state index < -0.39 is 5.97 Å². The molecule has 0 saturated heterocycles. The van der Waals surface area contributed by atoms with Crippen molar-refractivity contribution in [1.29, 1.82) is 0 Å². The fourth-order valence-electron chi connectivity index (χ4n) is 1.50. The second-order valence-electron chi connectivity index (χ2n) is 3.37. The Morgan fingerprint density at radius 2 is 1.67 bits per heavy atom. The number of benzene rings is 2. The number of fused-ring (bicyclic) bond motifs is 1. The van der Waals surface area contributed by atoms with E-state index in [-0.39, 0.29) is 17.4 Å². The van der Waals surface area contributed by atoms with E-state index in [1.165, 1.54) is 5.56 Å². The molecule has 0 heterocycles. The van der Waals surface area contributed by atoms with Crippen molar-refractivity contribution in [3.8, 4) is 0 Å². The summed E-state index contributed by atoms with van der Waals surface area (Å²) in [5, 5.41) is 10.8. The zero-order valence-electron chi connectivity index (χ0n) is 8.40. The second-order valence-corrected chi connectivity index (χ2v) is 3.37. The molecule has 0 aliphatic rings. The van der Waals surface area contributed by atoms with Gasteiger partial charge >= 0.3 is 5.97 Å². The highest BCUT2D eigenvalue weighted by atomic mass is 27.0. The molecule has 73 valence electrons. The average molecular weight is 213 g/mol. The molecule has 0 bridgehead atoms. The molecule has 3 radical (unpaired) electrons. The molecule has 2 nitrogen and oxygen atoms in total. The molecule has 2 rings (SSSR count). The first kappa shape index (κ1) is 11.8. The van der Waals surface area contributed by atoms with Gasteiger partial charge in [-0.1, -0.05) is 29.8 Å². The van der Waals surface area contributed by atoms with Gasteiger partial charge in [-0.2, -0.15) is 0 Å². The van der Waals surface area contributed by atoms with Crippen molar-refractivity contribution < 1.29 is 9.90 Å². The van der Waals surface area contributed by atoms with Gasteiger partial charge in [-0.15, -0.1) is 0 Å². The van der Waals surface area contributed by atoms with E-state index in [1.54, 1.807) is 12.1 Å². The van der Waals surface area contributed by atoms with Gasteiger partial charge in [-0.05, 0) is 29.8 Å². The molecule has 2 aromatic rings. The quantitative estimate of drug-likeness (QED) is 0.739. The minimum Gasteiger partial charge on any atom is -0.478 e. The zero-order valence-corrected chi connectivity index (χ0v) is 9.55. The van der Waals surface area contributed by atoms with Crippen molar-refractivity contribution >= 4 is 34.1 Å². The van der Waals surface area contributed by atoms with Crippen LogP contribution in [0.1, 0.15) is 15.9 Å². The first-order valence-electron chi connectivity index (χ1n) is 4.40. The Kier molecular flexibility index (Phi) is 3.52. The van der Waals surface area contributed by atoms with Gasteiger partial charge in [0.2, 0.25) is 0 Å². The number of aromatic carboxylic acids is 1. The van der Waals surface area contributed by atoms with Crippen LogP contribution < -0.4 is 0 Å². The lowest BCUT2D eigenvalue weighted by molar-refractivity contribution is 0.0697. The molecule has 1 N–H and O–H groups in total. The zero-order chi connectivity index (χ0) is 10.1. The molecule has 0 saturated carbocycles. The summed E-state index contributed by atoms with van der Waals surface area (Å²) >= 11 is 0. The van der Waals surface area contributed by atoms with Crippen LogP contribution >= 0.6 is 0 Å². The second kappa shape index (κ2) is 4.48. The third-order valence-electron chi connectivity index (χ3n) is 2.24. The summed E-state index contributed by atoms with van der Waals surface area (Å²) in [6.07, 6.45) is 0. The SMILES string of the molecule is Cc1ccc2cc(C(=O)O)ccc2c1.[Al]. The summed E-state index contributed by atoms with van der Waals surface area (Å²) in [5.74, 6) is -0.882. The van der Waals surface area contributed by atoms with Crippen molar-refractivity contribution in [2.24, 2.45) is 0 Å². The molecule has 0 unspecified atom stereocenters. The van der Waals surface area contributed by atoms with E-state index in [0.29, 0.717) is 5.56 Å². The summed E-state index contributed by atoms with van der Waals surface area (Å²) in [6, 6.07) is 11.1. The van der Waals surface area contributed by atoms with Gasteiger partial charge in [-0.3, -0.25) is 0 Å². The van der Waals surface area contributed by atoms with E-state index in [0.717, 1.165) is 10.8 Å². The number of carboxylic acid groups (broad SMARTS) is 1. The van der Waals surface area contributed by atoms with Crippen molar-refractivity contribution in [2.75, 3.05) is 0 Å². The van der Waals surface area contributed by atoms with Gasteiger partial charge in [0.05, 0.1) is 5.56 Å². The van der Waals surface area contributed by atoms with Crippen LogP contribution in [0.25, 0.3) is 10.8 Å². The Hall–Kier alpha value is -1.30. The number of rotatable bonds is 1. The maximum atomic E-state index is 10.7.